The Labute approximate surface area is 175 Å². The molecule has 3 aromatic rings. The van der Waals surface area contributed by atoms with Gasteiger partial charge in [0.15, 0.2) is 0 Å². The molecular formula is C22H26N6O2. The Bertz CT molecular complexity index is 880. The molecule has 30 heavy (non-hydrogen) atoms. The predicted octanol–water partition coefficient (Wildman–Crippen LogP) is 1.51. The van der Waals surface area contributed by atoms with Crippen molar-refractivity contribution in [3.05, 3.63) is 79.4 Å². The van der Waals surface area contributed by atoms with Crippen LogP contribution in [0, 0.1) is 5.92 Å². The fourth-order valence-electron chi connectivity index (χ4n) is 3.03. The minimum absolute atomic E-state index is 0.289. The fraction of sp³-hybridized carbons (Fsp3) is 0.273. The van der Waals surface area contributed by atoms with Gasteiger partial charge in [0.05, 0.1) is 12.7 Å². The number of nitrogens with one attached hydrogen (secondary N) is 2. The maximum absolute atomic E-state index is 12.8. The smallest absolute Gasteiger partial charge is 0.232 e. The lowest BCUT2D eigenvalue weighted by atomic mass is 9.96. The second-order valence-electron chi connectivity index (χ2n) is 6.89. The van der Waals surface area contributed by atoms with Gasteiger partial charge in [0.25, 0.3) is 0 Å². The summed E-state index contributed by atoms with van der Waals surface area (Å²) >= 11 is 0. The summed E-state index contributed by atoms with van der Waals surface area (Å²) in [5, 5.41) is 5.74. The van der Waals surface area contributed by atoms with E-state index >= 15 is 0 Å². The van der Waals surface area contributed by atoms with Crippen LogP contribution in [0.1, 0.15) is 11.1 Å². The van der Waals surface area contributed by atoms with Gasteiger partial charge >= 0.3 is 0 Å². The highest BCUT2D eigenvalue weighted by atomic mass is 16.2. The van der Waals surface area contributed by atoms with E-state index in [9.17, 15) is 9.59 Å². The summed E-state index contributed by atoms with van der Waals surface area (Å²) in [5.74, 6) is -1.39. The number of hydrogen-bond acceptors (Lipinski definition) is 4. The second-order valence-corrected chi connectivity index (χ2v) is 6.89. The zero-order chi connectivity index (χ0) is 21.2. The molecule has 0 aliphatic heterocycles. The van der Waals surface area contributed by atoms with Crippen LogP contribution in [0.3, 0.4) is 0 Å². The molecule has 0 spiro atoms. The van der Waals surface area contributed by atoms with E-state index in [1.807, 2.05) is 45.8 Å². The largest absolute Gasteiger partial charge is 0.354 e. The number of carbonyl (C=O) groups excluding carboxylic acids is 2. The summed E-state index contributed by atoms with van der Waals surface area (Å²) in [4.78, 5) is 33.6. The molecule has 0 aliphatic rings. The number of nitrogens with zero attached hydrogens (tertiary/aromatic N) is 4. The molecule has 8 nitrogen and oxygen atoms in total. The average Bonchev–Trinajstić information content (AvgIpc) is 3.46. The van der Waals surface area contributed by atoms with Crippen LogP contribution in [0.4, 0.5) is 0 Å². The van der Waals surface area contributed by atoms with E-state index in [1.54, 1.807) is 31.1 Å². The number of carbonyl (C=O) groups is 2. The SMILES string of the molecule is C=Cc1ccc(CC(C(=O)NCCn2ccnc2)C(=O)NCCn2ccnc2)cc1. The first-order valence-corrected chi connectivity index (χ1v) is 9.84. The Hall–Kier alpha value is -3.68. The fourth-order valence-corrected chi connectivity index (χ4v) is 3.03. The van der Waals surface area contributed by atoms with Crippen LogP contribution in [0.25, 0.3) is 6.08 Å². The topological polar surface area (TPSA) is 93.8 Å². The Balaban J connectivity index is 1.60. The van der Waals surface area contributed by atoms with Gasteiger partial charge in [0.2, 0.25) is 11.8 Å². The molecule has 2 N–H and O–H groups in total. The van der Waals surface area contributed by atoms with Crippen molar-refractivity contribution in [2.24, 2.45) is 5.92 Å². The van der Waals surface area contributed by atoms with E-state index < -0.39 is 5.92 Å². The number of imidazole rings is 2. The zero-order valence-electron chi connectivity index (χ0n) is 16.8. The van der Waals surface area contributed by atoms with Crippen molar-refractivity contribution in [3.63, 3.8) is 0 Å². The first kappa shape index (κ1) is 21.0. The van der Waals surface area contributed by atoms with Gasteiger partial charge < -0.3 is 19.8 Å². The zero-order valence-corrected chi connectivity index (χ0v) is 16.8. The van der Waals surface area contributed by atoms with E-state index in [0.717, 1.165) is 11.1 Å². The summed E-state index contributed by atoms with van der Waals surface area (Å²) in [6, 6.07) is 7.68. The molecule has 0 saturated carbocycles. The highest BCUT2D eigenvalue weighted by molar-refractivity contribution is 6.00. The van der Waals surface area contributed by atoms with Gasteiger partial charge in [-0.25, -0.2) is 9.97 Å². The first-order chi connectivity index (χ1) is 14.7. The average molecular weight is 406 g/mol. The molecule has 1 aromatic carbocycles. The maximum Gasteiger partial charge on any atom is 0.232 e. The third-order valence-electron chi connectivity index (χ3n) is 4.75. The van der Waals surface area contributed by atoms with Crippen molar-refractivity contribution < 1.29 is 9.59 Å². The van der Waals surface area contributed by atoms with Gasteiger partial charge in [0.1, 0.15) is 5.92 Å². The van der Waals surface area contributed by atoms with Gasteiger partial charge in [-0.15, -0.1) is 0 Å². The molecule has 0 radical (unpaired) electrons. The molecular weight excluding hydrogens is 380 g/mol. The molecule has 0 bridgehead atoms. The minimum Gasteiger partial charge on any atom is -0.354 e. The number of amides is 2. The molecule has 0 unspecified atom stereocenters. The number of hydrogen-bond donors (Lipinski definition) is 2. The molecule has 2 heterocycles. The highest BCUT2D eigenvalue weighted by Crippen LogP contribution is 2.12. The lowest BCUT2D eigenvalue weighted by Gasteiger charge is -2.17. The van der Waals surface area contributed by atoms with Crippen LogP contribution in [0.2, 0.25) is 0 Å². The molecule has 2 aromatic heterocycles. The van der Waals surface area contributed by atoms with Crippen LogP contribution in [0.5, 0.6) is 0 Å². The second kappa shape index (κ2) is 10.8. The summed E-state index contributed by atoms with van der Waals surface area (Å²) in [7, 11) is 0. The lowest BCUT2D eigenvalue weighted by Crippen LogP contribution is -2.44. The van der Waals surface area contributed by atoms with Crippen LogP contribution in [-0.2, 0) is 29.1 Å². The molecule has 2 amide bonds. The Morgan fingerprint density at radius 2 is 1.47 bits per heavy atom. The van der Waals surface area contributed by atoms with Crippen LogP contribution >= 0.6 is 0 Å². The van der Waals surface area contributed by atoms with Crippen molar-refractivity contribution in [3.8, 4) is 0 Å². The van der Waals surface area contributed by atoms with Crippen molar-refractivity contribution in [1.29, 1.82) is 0 Å². The molecule has 0 saturated heterocycles. The first-order valence-electron chi connectivity index (χ1n) is 9.84. The third-order valence-corrected chi connectivity index (χ3v) is 4.75. The summed E-state index contributed by atoms with van der Waals surface area (Å²) < 4.78 is 3.74. The molecule has 0 fully saturated rings. The van der Waals surface area contributed by atoms with Crippen molar-refractivity contribution in [2.45, 2.75) is 19.5 Å². The van der Waals surface area contributed by atoms with E-state index in [1.165, 1.54) is 0 Å². The van der Waals surface area contributed by atoms with Crippen molar-refractivity contribution in [1.82, 2.24) is 29.7 Å². The van der Waals surface area contributed by atoms with E-state index in [0.29, 0.717) is 32.6 Å². The number of aromatic nitrogens is 4. The maximum atomic E-state index is 12.8. The number of benzene rings is 1. The number of rotatable bonds is 11. The molecule has 0 atom stereocenters. The van der Waals surface area contributed by atoms with E-state index in [2.05, 4.69) is 27.2 Å². The van der Waals surface area contributed by atoms with Gasteiger partial charge in [-0.1, -0.05) is 36.9 Å². The van der Waals surface area contributed by atoms with Crippen molar-refractivity contribution in [2.75, 3.05) is 13.1 Å². The Morgan fingerprint density at radius 1 is 0.933 bits per heavy atom. The summed E-state index contributed by atoms with van der Waals surface area (Å²) in [6.45, 7) is 5.77. The van der Waals surface area contributed by atoms with Gasteiger partial charge in [-0.2, -0.15) is 0 Å². The summed E-state index contributed by atoms with van der Waals surface area (Å²) in [6.07, 6.45) is 12.5. The molecule has 156 valence electrons. The Morgan fingerprint density at radius 3 is 1.90 bits per heavy atom. The quantitative estimate of drug-likeness (QED) is 0.472. The van der Waals surface area contributed by atoms with Crippen molar-refractivity contribution >= 4 is 17.9 Å². The van der Waals surface area contributed by atoms with E-state index in [4.69, 9.17) is 0 Å². The minimum atomic E-state index is -0.815. The Kier molecular flexibility index (Phi) is 7.54. The standard InChI is InChI=1S/C22H26N6O2/c1-2-18-3-5-19(6-4-18)15-20(21(29)25-9-13-27-11-7-23-16-27)22(30)26-10-14-28-12-8-24-17-28/h2-8,11-12,16-17,20H,1,9-10,13-15H2,(H,25,29)(H,26,30). The van der Waals surface area contributed by atoms with Gasteiger partial charge in [-0.3, -0.25) is 9.59 Å². The third kappa shape index (κ3) is 6.16. The van der Waals surface area contributed by atoms with Gasteiger partial charge in [0, 0.05) is 51.0 Å². The summed E-state index contributed by atoms with van der Waals surface area (Å²) in [5.41, 5.74) is 1.91. The van der Waals surface area contributed by atoms with Crippen LogP contribution < -0.4 is 10.6 Å². The van der Waals surface area contributed by atoms with Crippen LogP contribution in [-0.4, -0.2) is 44.0 Å². The van der Waals surface area contributed by atoms with Gasteiger partial charge in [-0.05, 0) is 17.5 Å². The normalized spacial score (nSPS) is 10.7. The van der Waals surface area contributed by atoms with Crippen LogP contribution in [0.15, 0.2) is 68.3 Å². The monoisotopic (exact) mass is 406 g/mol. The highest BCUT2D eigenvalue weighted by Gasteiger charge is 2.26. The lowest BCUT2D eigenvalue weighted by molar-refractivity contribution is -0.135. The van der Waals surface area contributed by atoms with E-state index in [-0.39, 0.29) is 11.8 Å². The molecule has 3 rings (SSSR count). The predicted molar refractivity (Wildman–Crippen MR) is 114 cm³/mol. The molecule has 8 heteroatoms. The molecule has 0 aliphatic carbocycles.